The van der Waals surface area contributed by atoms with Gasteiger partial charge >= 0.3 is 0 Å². The summed E-state index contributed by atoms with van der Waals surface area (Å²) in [4.78, 5) is 10.8. The predicted molar refractivity (Wildman–Crippen MR) is 77.8 cm³/mol. The molecule has 0 heterocycles. The molecule has 0 aliphatic heterocycles. The van der Waals surface area contributed by atoms with E-state index in [0.717, 1.165) is 16.3 Å². The average Bonchev–Trinajstić information content (AvgIpc) is 2.34. The van der Waals surface area contributed by atoms with Gasteiger partial charge in [0.05, 0.1) is 0 Å². The Labute approximate surface area is 110 Å². The molecule has 0 atom stereocenters. The number of rotatable bonds is 3. The van der Waals surface area contributed by atoms with E-state index in [9.17, 15) is 9.90 Å². The highest BCUT2D eigenvalue weighted by molar-refractivity contribution is 8.13. The first-order chi connectivity index (χ1) is 8.65. The predicted octanol–water partition coefficient (Wildman–Crippen LogP) is 3.84. The smallest absolute Gasteiger partial charge is 0.186 e. The van der Waals surface area contributed by atoms with Crippen LogP contribution in [0.15, 0.2) is 42.5 Å². The highest BCUT2D eigenvalue weighted by Gasteiger charge is 1.96. The number of carbonyl (C=O) groups excluding carboxylic acids is 1. The van der Waals surface area contributed by atoms with Gasteiger partial charge in [0.1, 0.15) is 5.75 Å². The Kier molecular flexibility index (Phi) is 4.05. The molecule has 0 unspecified atom stereocenters. The first-order valence-corrected chi connectivity index (χ1v) is 6.66. The van der Waals surface area contributed by atoms with Crippen LogP contribution in [0.4, 0.5) is 0 Å². The number of benzene rings is 2. The van der Waals surface area contributed by atoms with Crippen LogP contribution in [0.3, 0.4) is 0 Å². The largest absolute Gasteiger partial charge is 0.508 e. The molecule has 2 rings (SSSR count). The Morgan fingerprint density at radius 2 is 2.00 bits per heavy atom. The fourth-order valence-electron chi connectivity index (χ4n) is 1.71. The van der Waals surface area contributed by atoms with Gasteiger partial charge in [0.15, 0.2) is 5.12 Å². The van der Waals surface area contributed by atoms with E-state index >= 15 is 0 Å². The Bertz CT molecular complexity index is 602. The molecule has 0 aliphatic carbocycles. The van der Waals surface area contributed by atoms with Crippen LogP contribution in [0, 0.1) is 0 Å². The number of phenols is 1. The second-order valence-corrected chi connectivity index (χ2v) is 5.19. The number of thioether (sulfide) groups is 1. The van der Waals surface area contributed by atoms with Crippen LogP contribution in [-0.2, 0) is 4.79 Å². The van der Waals surface area contributed by atoms with E-state index in [1.807, 2.05) is 36.4 Å². The monoisotopic (exact) mass is 258 g/mol. The summed E-state index contributed by atoms with van der Waals surface area (Å²) >= 11 is 1.29. The van der Waals surface area contributed by atoms with Gasteiger partial charge < -0.3 is 5.11 Å². The third kappa shape index (κ3) is 3.37. The highest BCUT2D eigenvalue weighted by Crippen LogP contribution is 2.21. The second kappa shape index (κ2) is 5.74. The molecule has 0 bridgehead atoms. The number of phenolic OH excluding ortho intramolecular Hbond substituents is 1. The number of hydrogen-bond acceptors (Lipinski definition) is 3. The lowest BCUT2D eigenvalue weighted by Crippen LogP contribution is -1.81. The van der Waals surface area contributed by atoms with E-state index in [2.05, 4.69) is 0 Å². The highest BCUT2D eigenvalue weighted by atomic mass is 32.2. The number of aromatic hydroxyl groups is 1. The van der Waals surface area contributed by atoms with Crippen LogP contribution < -0.4 is 0 Å². The van der Waals surface area contributed by atoms with Crippen LogP contribution in [0.5, 0.6) is 5.75 Å². The molecule has 2 aromatic rings. The summed E-state index contributed by atoms with van der Waals surface area (Å²) in [5.74, 6) is 0.962. The quantitative estimate of drug-likeness (QED) is 0.909. The molecule has 0 aromatic heterocycles. The topological polar surface area (TPSA) is 37.3 Å². The summed E-state index contributed by atoms with van der Waals surface area (Å²) in [5, 5.41) is 11.7. The summed E-state index contributed by atoms with van der Waals surface area (Å²) in [6.07, 6.45) is 3.95. The minimum atomic E-state index is 0.128. The summed E-state index contributed by atoms with van der Waals surface area (Å²) in [6, 6.07) is 11.4. The van der Waals surface area contributed by atoms with Gasteiger partial charge in [0.2, 0.25) is 0 Å². The molecule has 0 spiro atoms. The van der Waals surface area contributed by atoms with Gasteiger partial charge in [-0.05, 0) is 34.5 Å². The molecule has 1 N–H and O–H groups in total. The van der Waals surface area contributed by atoms with Crippen LogP contribution in [0.25, 0.3) is 16.8 Å². The molecular weight excluding hydrogens is 244 g/mol. The zero-order valence-electron chi connectivity index (χ0n) is 10.1. The van der Waals surface area contributed by atoms with Crippen molar-refractivity contribution < 1.29 is 9.90 Å². The second-order valence-electron chi connectivity index (χ2n) is 4.00. The minimum Gasteiger partial charge on any atom is -0.508 e. The summed E-state index contributed by atoms with van der Waals surface area (Å²) in [5.41, 5.74) is 1.07. The van der Waals surface area contributed by atoms with E-state index in [1.54, 1.807) is 19.1 Å². The average molecular weight is 258 g/mol. The third-order valence-electron chi connectivity index (χ3n) is 2.54. The zero-order chi connectivity index (χ0) is 13.0. The molecule has 0 aliphatic rings. The number of hydrogen-bond donors (Lipinski definition) is 1. The molecule has 18 heavy (non-hydrogen) atoms. The zero-order valence-corrected chi connectivity index (χ0v) is 10.9. The third-order valence-corrected chi connectivity index (χ3v) is 3.31. The van der Waals surface area contributed by atoms with Crippen molar-refractivity contribution >= 4 is 33.7 Å². The molecule has 0 amide bonds. The van der Waals surface area contributed by atoms with Crippen molar-refractivity contribution in [1.82, 2.24) is 0 Å². The molecule has 2 aromatic carbocycles. The maximum Gasteiger partial charge on any atom is 0.186 e. The summed E-state index contributed by atoms with van der Waals surface area (Å²) < 4.78 is 0. The summed E-state index contributed by atoms with van der Waals surface area (Å²) in [7, 11) is 0. The lowest BCUT2D eigenvalue weighted by atomic mass is 10.1. The molecular formula is C15H14O2S. The van der Waals surface area contributed by atoms with Crippen molar-refractivity contribution in [1.29, 1.82) is 0 Å². The lowest BCUT2D eigenvalue weighted by molar-refractivity contribution is -0.109. The van der Waals surface area contributed by atoms with E-state index in [0.29, 0.717) is 5.75 Å². The van der Waals surface area contributed by atoms with Crippen molar-refractivity contribution in [2.45, 2.75) is 6.92 Å². The standard InChI is InChI=1S/C15H14O2S/c1-11(16)18-8-2-3-12-4-5-13-6-7-15(17)10-14(13)9-12/h2-7,9-10,17H,8H2,1H3. The van der Waals surface area contributed by atoms with Crippen LogP contribution in [0.1, 0.15) is 12.5 Å². The van der Waals surface area contributed by atoms with E-state index in [1.165, 1.54) is 11.8 Å². The van der Waals surface area contributed by atoms with Crippen LogP contribution in [-0.4, -0.2) is 16.0 Å². The normalized spacial score (nSPS) is 11.2. The van der Waals surface area contributed by atoms with Gasteiger partial charge in [-0.25, -0.2) is 0 Å². The van der Waals surface area contributed by atoms with Gasteiger partial charge in [0.25, 0.3) is 0 Å². The fraction of sp³-hybridized carbons (Fsp3) is 0.133. The maximum atomic E-state index is 10.8. The van der Waals surface area contributed by atoms with Crippen molar-refractivity contribution in [2.75, 3.05) is 5.75 Å². The first kappa shape index (κ1) is 12.7. The maximum absolute atomic E-state index is 10.8. The van der Waals surface area contributed by atoms with Gasteiger partial charge in [-0.2, -0.15) is 0 Å². The Morgan fingerprint density at radius 1 is 1.22 bits per heavy atom. The van der Waals surface area contributed by atoms with Gasteiger partial charge in [0, 0.05) is 12.7 Å². The van der Waals surface area contributed by atoms with Crippen LogP contribution >= 0.6 is 11.8 Å². The number of carbonyl (C=O) groups is 1. The van der Waals surface area contributed by atoms with Gasteiger partial charge in [-0.15, -0.1) is 0 Å². The lowest BCUT2D eigenvalue weighted by Gasteiger charge is -2.00. The Hall–Kier alpha value is -1.74. The molecule has 92 valence electrons. The van der Waals surface area contributed by atoms with Crippen molar-refractivity contribution in [3.8, 4) is 5.75 Å². The van der Waals surface area contributed by atoms with Gasteiger partial charge in [-0.3, -0.25) is 4.79 Å². The van der Waals surface area contributed by atoms with Crippen molar-refractivity contribution in [3.63, 3.8) is 0 Å². The minimum absolute atomic E-state index is 0.128. The Balaban J connectivity index is 2.16. The molecule has 0 radical (unpaired) electrons. The molecule has 3 heteroatoms. The first-order valence-electron chi connectivity index (χ1n) is 5.68. The molecule has 2 nitrogen and oxygen atoms in total. The summed E-state index contributed by atoms with van der Waals surface area (Å²) in [6.45, 7) is 1.57. The molecule has 0 saturated heterocycles. The fourth-order valence-corrected chi connectivity index (χ4v) is 2.13. The van der Waals surface area contributed by atoms with Crippen LogP contribution in [0.2, 0.25) is 0 Å². The van der Waals surface area contributed by atoms with Gasteiger partial charge in [-0.1, -0.05) is 42.1 Å². The molecule has 0 fully saturated rings. The van der Waals surface area contributed by atoms with E-state index < -0.39 is 0 Å². The van der Waals surface area contributed by atoms with Crippen molar-refractivity contribution in [2.24, 2.45) is 0 Å². The number of fused-ring (bicyclic) bond motifs is 1. The molecule has 0 saturated carbocycles. The SMILES string of the molecule is CC(=O)SCC=Cc1ccc2ccc(O)cc2c1. The van der Waals surface area contributed by atoms with Crippen molar-refractivity contribution in [3.05, 3.63) is 48.0 Å². The van der Waals surface area contributed by atoms with E-state index in [-0.39, 0.29) is 10.9 Å². The van der Waals surface area contributed by atoms with E-state index in [4.69, 9.17) is 0 Å². The Morgan fingerprint density at radius 3 is 2.78 bits per heavy atom.